The molecule has 0 saturated carbocycles. The molecule has 0 heterocycles. The third-order valence-corrected chi connectivity index (χ3v) is 3.85. The van der Waals surface area contributed by atoms with Crippen molar-refractivity contribution in [2.75, 3.05) is 0 Å². The Hall–Kier alpha value is 1.20. The molecule has 0 aliphatic heterocycles. The number of hydrogen-bond acceptors (Lipinski definition) is 2. The van der Waals surface area contributed by atoms with E-state index in [1.807, 2.05) is 0 Å². The van der Waals surface area contributed by atoms with Gasteiger partial charge >= 0.3 is 92.2 Å². The molecule has 0 saturated heterocycles. The zero-order valence-corrected chi connectivity index (χ0v) is 16.1. The molecule has 72 valence electrons. The van der Waals surface area contributed by atoms with Gasteiger partial charge < -0.3 is 13.5 Å². The van der Waals surface area contributed by atoms with Crippen LogP contribution in [0, 0.1) is 13.8 Å². The van der Waals surface area contributed by atoms with Crippen molar-refractivity contribution in [3.05, 3.63) is 27.7 Å². The molecule has 0 bridgehead atoms. The summed E-state index contributed by atoms with van der Waals surface area (Å²) in [4.78, 5) is 0. The van der Waals surface area contributed by atoms with Crippen LogP contribution in [0.4, 0.5) is 0 Å². The van der Waals surface area contributed by atoms with Crippen LogP contribution in [0.15, 0.2) is 16.6 Å². The quantitative estimate of drug-likeness (QED) is 0.269. The van der Waals surface area contributed by atoms with E-state index in [2.05, 4.69) is 41.9 Å². The fourth-order valence-electron chi connectivity index (χ4n) is 0.974. The molecule has 0 aromatic heterocycles. The number of thiol groups is 1. The van der Waals surface area contributed by atoms with Crippen LogP contribution < -0.4 is 2.69 Å². The molecule has 0 amide bonds. The molecule has 1 aromatic carbocycles. The van der Waals surface area contributed by atoms with Crippen LogP contribution in [-0.4, -0.2) is 26.2 Å². The van der Waals surface area contributed by atoms with Crippen molar-refractivity contribution in [2.24, 2.45) is 0 Å². The fourth-order valence-corrected chi connectivity index (χ4v) is 1.73. The summed E-state index contributed by atoms with van der Waals surface area (Å²) in [5.41, 5.74) is 2.47. The summed E-state index contributed by atoms with van der Waals surface area (Å²) in [5, 5.41) is 0. The molecule has 0 radical (unpaired) electrons. The first-order valence-electron chi connectivity index (χ1n) is 3.28. The number of aryl methyl sites for hydroxylation is 2. The van der Waals surface area contributed by atoms with Crippen LogP contribution in [0.5, 0.6) is 5.75 Å². The molecule has 1 rings (SSSR count). The van der Waals surface area contributed by atoms with Crippen LogP contribution in [0.3, 0.4) is 0 Å². The summed E-state index contributed by atoms with van der Waals surface area (Å²) in [6, 6.07) is 4.11. The molecule has 13 heavy (non-hydrogen) atoms. The minimum Gasteiger partial charge on any atom is -0.813 e. The molecular formula is C8H12BrOPSTl-. The third-order valence-electron chi connectivity index (χ3n) is 1.55. The Morgan fingerprint density at radius 2 is 1.62 bits per heavy atom. The summed E-state index contributed by atoms with van der Waals surface area (Å²) >= 11 is 4.07. The van der Waals surface area contributed by atoms with E-state index in [9.17, 15) is 0 Å². The minimum absolute atomic E-state index is 0. The predicted molar refractivity (Wildman–Crippen MR) is 69.9 cm³/mol. The van der Waals surface area contributed by atoms with E-state index in [4.69, 9.17) is 2.69 Å². The zero-order valence-electron chi connectivity index (χ0n) is 7.67. The van der Waals surface area contributed by atoms with Gasteiger partial charge in [0.1, 0.15) is 0 Å². The van der Waals surface area contributed by atoms with Crippen molar-refractivity contribution < 1.29 is 2.69 Å². The largest absolute Gasteiger partial charge is 0.813 e. The summed E-state index contributed by atoms with van der Waals surface area (Å²) in [6.07, 6.45) is 0. The topological polar surface area (TPSA) is 9.23 Å². The first-order valence-corrected chi connectivity index (χ1v) is 5.91. The number of benzene rings is 1. The van der Waals surface area contributed by atoms with Gasteiger partial charge in [-0.2, -0.15) is 9.90 Å². The van der Waals surface area contributed by atoms with Gasteiger partial charge in [-0.15, -0.1) is 0 Å². The molecule has 0 N–H and O–H groups in total. The SMILES string of the molecule is Cc1cc([O][Tl])cc(C)c1Br.P.[SH-]. The van der Waals surface area contributed by atoms with Gasteiger partial charge in [0.25, 0.3) is 0 Å². The molecule has 1 aromatic rings. The van der Waals surface area contributed by atoms with Crippen molar-refractivity contribution in [2.45, 2.75) is 13.8 Å². The summed E-state index contributed by atoms with van der Waals surface area (Å²) < 4.78 is 6.46. The Balaban J connectivity index is 0. The first-order chi connectivity index (χ1) is 5.15. The standard InChI is InChI=1S/C8H9BrO.H3P.H2S.Tl/c1-5-3-7(10)4-6(2)8(5)9;;;/h3-4,10H,1-2H3;1H3;1H2;/q;;;+1/p-2. The molecule has 1 nitrogen and oxygen atoms in total. The van der Waals surface area contributed by atoms with Gasteiger partial charge in [-0.1, -0.05) is 0 Å². The Labute approximate surface area is 115 Å². The third kappa shape index (κ3) is 4.49. The van der Waals surface area contributed by atoms with Crippen LogP contribution in [0.2, 0.25) is 0 Å². The van der Waals surface area contributed by atoms with Gasteiger partial charge in [-0.05, 0) is 0 Å². The van der Waals surface area contributed by atoms with Crippen LogP contribution in [0.1, 0.15) is 11.1 Å². The molecule has 0 spiro atoms. The maximum Gasteiger partial charge on any atom is -0.153 e. The predicted octanol–water partition coefficient (Wildman–Crippen LogP) is 2.32. The van der Waals surface area contributed by atoms with E-state index in [0.717, 1.165) is 5.75 Å². The van der Waals surface area contributed by atoms with E-state index < -0.39 is 0 Å². The molecule has 0 aliphatic rings. The van der Waals surface area contributed by atoms with Crippen molar-refractivity contribution in [3.8, 4) is 5.75 Å². The average Bonchev–Trinajstić information content (AvgIpc) is 1.99. The van der Waals surface area contributed by atoms with Crippen molar-refractivity contribution in [1.29, 1.82) is 0 Å². The van der Waals surface area contributed by atoms with Gasteiger partial charge in [0, 0.05) is 0 Å². The zero-order chi connectivity index (χ0) is 8.43. The number of rotatable bonds is 1. The summed E-state index contributed by atoms with van der Waals surface area (Å²) in [6.45, 7) is 4.15. The van der Waals surface area contributed by atoms with E-state index in [0.29, 0.717) is 26.2 Å². The molecule has 1 unspecified atom stereocenters. The molecular weight excluding hydrogens is 459 g/mol. The van der Waals surface area contributed by atoms with E-state index in [1.54, 1.807) is 0 Å². The molecule has 0 fully saturated rings. The fraction of sp³-hybridized carbons (Fsp3) is 0.250. The van der Waals surface area contributed by atoms with Gasteiger partial charge in [0.15, 0.2) is 0 Å². The van der Waals surface area contributed by atoms with E-state index in [1.165, 1.54) is 15.6 Å². The van der Waals surface area contributed by atoms with Crippen molar-refractivity contribution in [1.82, 2.24) is 0 Å². The second kappa shape index (κ2) is 7.49. The van der Waals surface area contributed by atoms with Crippen LogP contribution in [0.25, 0.3) is 0 Å². The average molecular weight is 472 g/mol. The van der Waals surface area contributed by atoms with Gasteiger partial charge in [-0.25, -0.2) is 0 Å². The van der Waals surface area contributed by atoms with Crippen molar-refractivity contribution >= 4 is 65.5 Å². The smallest absolute Gasteiger partial charge is 0.153 e. The first kappa shape index (κ1) is 16.6. The number of halogens is 1. The Morgan fingerprint density at radius 1 is 1.23 bits per heavy atom. The van der Waals surface area contributed by atoms with Crippen molar-refractivity contribution in [3.63, 3.8) is 0 Å². The second-order valence-electron chi connectivity index (χ2n) is 2.49. The molecule has 1 atom stereocenters. The Kier molecular flexibility index (Phi) is 9.58. The van der Waals surface area contributed by atoms with Gasteiger partial charge in [-0.3, -0.25) is 0 Å². The van der Waals surface area contributed by atoms with Gasteiger partial charge in [0.2, 0.25) is 0 Å². The maximum atomic E-state index is 5.28. The summed E-state index contributed by atoms with van der Waals surface area (Å²) in [5.74, 6) is 0.994. The maximum absolute atomic E-state index is 5.28. The van der Waals surface area contributed by atoms with E-state index in [-0.39, 0.29) is 23.4 Å². The minimum atomic E-state index is 0. The molecule has 5 heteroatoms. The number of hydrogen-bond donors (Lipinski definition) is 0. The van der Waals surface area contributed by atoms with Crippen LogP contribution in [-0.2, 0) is 13.5 Å². The Morgan fingerprint density at radius 3 is 1.92 bits per heavy atom. The monoisotopic (exact) mass is 471 g/mol. The summed E-state index contributed by atoms with van der Waals surface area (Å²) in [7, 11) is 0. The van der Waals surface area contributed by atoms with Crippen LogP contribution >= 0.6 is 25.8 Å². The molecule has 0 aliphatic carbocycles. The van der Waals surface area contributed by atoms with E-state index >= 15 is 0 Å². The Bertz CT molecular complexity index is 260. The van der Waals surface area contributed by atoms with Gasteiger partial charge in [0.05, 0.1) is 0 Å². The normalized spacial score (nSPS) is 8.15. The second-order valence-corrected chi connectivity index (χ2v) is 4.20.